The summed E-state index contributed by atoms with van der Waals surface area (Å²) < 4.78 is 10.4. The largest absolute Gasteiger partial charge is 0.496 e. The van der Waals surface area contributed by atoms with Crippen molar-refractivity contribution in [3.63, 3.8) is 0 Å². The van der Waals surface area contributed by atoms with Gasteiger partial charge in [0.1, 0.15) is 5.75 Å². The Balaban J connectivity index is 2.36. The van der Waals surface area contributed by atoms with E-state index in [1.54, 1.807) is 14.2 Å². The van der Waals surface area contributed by atoms with Gasteiger partial charge >= 0.3 is 0 Å². The van der Waals surface area contributed by atoms with Crippen LogP contribution in [0.5, 0.6) is 5.75 Å². The Morgan fingerprint density at radius 2 is 2.11 bits per heavy atom. The second kappa shape index (κ2) is 9.18. The molecular weight excluding hydrogens is 262 g/mol. The third-order valence-corrected chi connectivity index (χ3v) is 3.36. The number of hydrogen-bond acceptors (Lipinski definition) is 3. The average Bonchev–Trinajstić information content (AvgIpc) is 2.41. The smallest absolute Gasteiger partial charge is 0.122 e. The molecule has 1 N–H and O–H groups in total. The molecule has 0 bridgehead atoms. The minimum absolute atomic E-state index is 0.612. The van der Waals surface area contributed by atoms with Crippen LogP contribution in [0, 0.1) is 5.92 Å². The molecule has 0 spiro atoms. The normalized spacial score (nSPS) is 12.4. The number of halogens is 1. The van der Waals surface area contributed by atoms with Crippen LogP contribution in [-0.4, -0.2) is 33.9 Å². The number of ether oxygens (including phenoxy) is 2. The summed E-state index contributed by atoms with van der Waals surface area (Å²) in [6, 6.07) is 5.78. The number of methoxy groups -OCH3 is 2. The van der Waals surface area contributed by atoms with Gasteiger partial charge in [0.05, 0.1) is 13.7 Å². The van der Waals surface area contributed by atoms with Gasteiger partial charge in [0.25, 0.3) is 0 Å². The van der Waals surface area contributed by atoms with Crippen LogP contribution >= 0.6 is 11.6 Å². The summed E-state index contributed by atoms with van der Waals surface area (Å²) in [5, 5.41) is 4.15. The molecule has 0 aliphatic carbocycles. The van der Waals surface area contributed by atoms with Crippen molar-refractivity contribution in [3.8, 4) is 5.75 Å². The Bertz CT molecular complexity index is 371. The van der Waals surface area contributed by atoms with Gasteiger partial charge in [0, 0.05) is 18.7 Å². The van der Waals surface area contributed by atoms with E-state index in [-0.39, 0.29) is 0 Å². The second-order valence-corrected chi connectivity index (χ2v) is 5.23. The molecule has 1 atom stereocenters. The molecule has 1 rings (SSSR count). The number of rotatable bonds is 9. The first-order chi connectivity index (χ1) is 9.17. The van der Waals surface area contributed by atoms with Gasteiger partial charge in [0.15, 0.2) is 0 Å². The molecular formula is C15H24ClNO2. The lowest BCUT2D eigenvalue weighted by Crippen LogP contribution is -2.25. The van der Waals surface area contributed by atoms with E-state index in [0.29, 0.717) is 5.92 Å². The molecule has 4 heteroatoms. The Hall–Kier alpha value is -0.770. The maximum Gasteiger partial charge on any atom is 0.122 e. The first-order valence-corrected chi connectivity index (χ1v) is 7.07. The molecule has 0 saturated heterocycles. The Morgan fingerprint density at radius 1 is 1.32 bits per heavy atom. The van der Waals surface area contributed by atoms with Crippen LogP contribution in [0.3, 0.4) is 0 Å². The molecule has 1 unspecified atom stereocenters. The highest BCUT2D eigenvalue weighted by Crippen LogP contribution is 2.24. The molecule has 0 aliphatic heterocycles. The molecule has 19 heavy (non-hydrogen) atoms. The lowest BCUT2D eigenvalue weighted by Gasteiger charge is -2.14. The van der Waals surface area contributed by atoms with Crippen LogP contribution in [0.1, 0.15) is 18.9 Å². The zero-order valence-electron chi connectivity index (χ0n) is 12.0. The van der Waals surface area contributed by atoms with Crippen molar-refractivity contribution in [2.45, 2.75) is 19.8 Å². The second-order valence-electron chi connectivity index (χ2n) is 4.80. The molecule has 0 radical (unpaired) electrons. The minimum Gasteiger partial charge on any atom is -0.496 e. The van der Waals surface area contributed by atoms with E-state index >= 15 is 0 Å². The lowest BCUT2D eigenvalue weighted by atomic mass is 10.0. The molecule has 0 amide bonds. The highest BCUT2D eigenvalue weighted by molar-refractivity contribution is 6.30. The number of benzene rings is 1. The van der Waals surface area contributed by atoms with Crippen molar-refractivity contribution in [1.82, 2.24) is 5.32 Å². The zero-order valence-corrected chi connectivity index (χ0v) is 12.8. The Morgan fingerprint density at radius 3 is 2.79 bits per heavy atom. The fourth-order valence-corrected chi connectivity index (χ4v) is 2.16. The van der Waals surface area contributed by atoms with E-state index in [0.717, 1.165) is 43.3 Å². The van der Waals surface area contributed by atoms with E-state index in [9.17, 15) is 0 Å². The first kappa shape index (κ1) is 16.3. The van der Waals surface area contributed by atoms with Crippen LogP contribution in [0.4, 0.5) is 0 Å². The average molecular weight is 286 g/mol. The van der Waals surface area contributed by atoms with Crippen molar-refractivity contribution in [3.05, 3.63) is 28.8 Å². The van der Waals surface area contributed by atoms with Gasteiger partial charge in [-0.15, -0.1) is 0 Å². The predicted molar refractivity (Wildman–Crippen MR) is 80.2 cm³/mol. The van der Waals surface area contributed by atoms with Gasteiger partial charge in [-0.1, -0.05) is 18.5 Å². The monoisotopic (exact) mass is 285 g/mol. The summed E-state index contributed by atoms with van der Waals surface area (Å²) in [6.07, 6.45) is 2.09. The minimum atomic E-state index is 0.612. The zero-order chi connectivity index (χ0) is 14.1. The van der Waals surface area contributed by atoms with Crippen LogP contribution in [0.25, 0.3) is 0 Å². The van der Waals surface area contributed by atoms with Crippen molar-refractivity contribution < 1.29 is 9.47 Å². The third kappa shape index (κ3) is 6.28. The highest BCUT2D eigenvalue weighted by atomic mass is 35.5. The number of nitrogens with one attached hydrogen (secondary N) is 1. The summed E-state index contributed by atoms with van der Waals surface area (Å²) in [5.41, 5.74) is 1.18. The summed E-state index contributed by atoms with van der Waals surface area (Å²) >= 11 is 6.03. The molecule has 0 saturated carbocycles. The molecule has 0 aromatic heterocycles. The molecule has 3 nitrogen and oxygen atoms in total. The van der Waals surface area contributed by atoms with Crippen molar-refractivity contribution >= 4 is 11.6 Å². The van der Waals surface area contributed by atoms with Crippen molar-refractivity contribution in [2.75, 3.05) is 33.9 Å². The number of aryl methyl sites for hydroxylation is 1. The number of hydrogen-bond donors (Lipinski definition) is 1. The van der Waals surface area contributed by atoms with Gasteiger partial charge in [0.2, 0.25) is 0 Å². The molecule has 1 aromatic carbocycles. The summed E-state index contributed by atoms with van der Waals surface area (Å²) in [5.74, 6) is 1.53. The molecule has 1 aromatic rings. The van der Waals surface area contributed by atoms with E-state index in [4.69, 9.17) is 21.1 Å². The molecule has 108 valence electrons. The molecule has 0 heterocycles. The Labute approximate surface area is 121 Å². The Kier molecular flexibility index (Phi) is 7.87. The van der Waals surface area contributed by atoms with E-state index in [2.05, 4.69) is 12.2 Å². The fourth-order valence-electron chi connectivity index (χ4n) is 1.97. The molecule has 0 aliphatic rings. The fraction of sp³-hybridized carbons (Fsp3) is 0.600. The third-order valence-electron chi connectivity index (χ3n) is 3.12. The van der Waals surface area contributed by atoms with Crippen LogP contribution in [0.15, 0.2) is 18.2 Å². The quantitative estimate of drug-likeness (QED) is 0.707. The standard InChI is InChI=1S/C15H24ClNO2/c1-12(11-17-8-9-18-2)4-5-13-10-14(16)6-7-15(13)19-3/h6-7,10,12,17H,4-5,8-9,11H2,1-3H3. The maximum absolute atomic E-state index is 6.03. The van der Waals surface area contributed by atoms with Gasteiger partial charge in [-0.25, -0.2) is 0 Å². The van der Waals surface area contributed by atoms with Gasteiger partial charge in [-0.3, -0.25) is 0 Å². The van der Waals surface area contributed by atoms with Crippen LogP contribution < -0.4 is 10.1 Å². The SMILES string of the molecule is COCCNCC(C)CCc1cc(Cl)ccc1OC. The van der Waals surface area contributed by atoms with Crippen LogP contribution in [-0.2, 0) is 11.2 Å². The van der Waals surface area contributed by atoms with E-state index in [1.807, 2.05) is 18.2 Å². The van der Waals surface area contributed by atoms with Gasteiger partial charge in [-0.2, -0.15) is 0 Å². The summed E-state index contributed by atoms with van der Waals surface area (Å²) in [6.45, 7) is 4.92. The van der Waals surface area contributed by atoms with E-state index < -0.39 is 0 Å². The van der Waals surface area contributed by atoms with E-state index in [1.165, 1.54) is 5.56 Å². The van der Waals surface area contributed by atoms with Crippen molar-refractivity contribution in [2.24, 2.45) is 5.92 Å². The first-order valence-electron chi connectivity index (χ1n) is 6.69. The lowest BCUT2D eigenvalue weighted by molar-refractivity contribution is 0.198. The topological polar surface area (TPSA) is 30.5 Å². The van der Waals surface area contributed by atoms with Crippen molar-refractivity contribution in [1.29, 1.82) is 0 Å². The highest BCUT2D eigenvalue weighted by Gasteiger charge is 2.07. The van der Waals surface area contributed by atoms with Gasteiger partial charge in [-0.05, 0) is 49.1 Å². The molecule has 0 fully saturated rings. The predicted octanol–water partition coefficient (Wildman–Crippen LogP) is 3.15. The summed E-state index contributed by atoms with van der Waals surface area (Å²) in [7, 11) is 3.42. The maximum atomic E-state index is 6.03. The summed E-state index contributed by atoms with van der Waals surface area (Å²) in [4.78, 5) is 0. The van der Waals surface area contributed by atoms with Gasteiger partial charge < -0.3 is 14.8 Å². The van der Waals surface area contributed by atoms with Crippen LogP contribution in [0.2, 0.25) is 5.02 Å².